The highest BCUT2D eigenvalue weighted by Gasteiger charge is 1.94. The Morgan fingerprint density at radius 2 is 1.78 bits per heavy atom. The van der Waals surface area contributed by atoms with Crippen LogP contribution in [-0.4, -0.2) is 18.9 Å². The lowest BCUT2D eigenvalue weighted by Gasteiger charge is -1.89. The van der Waals surface area contributed by atoms with E-state index in [2.05, 4.69) is 6.58 Å². The van der Waals surface area contributed by atoms with Crippen LogP contribution in [0.15, 0.2) is 47.9 Å². The highest BCUT2D eigenvalue weighted by molar-refractivity contribution is 7.88. The second-order valence-corrected chi connectivity index (χ2v) is 4.68. The van der Waals surface area contributed by atoms with Gasteiger partial charge in [0.15, 0.2) is 0 Å². The van der Waals surface area contributed by atoms with Crippen LogP contribution in [0.2, 0.25) is 0 Å². The van der Waals surface area contributed by atoms with Gasteiger partial charge in [-0.25, -0.2) is 0 Å². The van der Waals surface area contributed by atoms with Crippen molar-refractivity contribution < 1.29 is 17.8 Å². The molecule has 0 aromatic heterocycles. The van der Waals surface area contributed by atoms with Crippen molar-refractivity contribution in [2.45, 2.75) is 6.92 Å². The molecule has 1 rings (SSSR count). The van der Waals surface area contributed by atoms with Crippen LogP contribution in [0.4, 0.5) is 0 Å². The Balaban J connectivity index is 0.000000411. The third-order valence-corrected chi connectivity index (χ3v) is 2.13. The molecule has 3 N–H and O–H groups in total. The van der Waals surface area contributed by atoms with Crippen molar-refractivity contribution in [2.75, 3.05) is 0 Å². The molecule has 0 bridgehead atoms. The lowest BCUT2D eigenvalue weighted by atomic mass is 10.2. The molecule has 0 atom stereocenters. The first-order chi connectivity index (χ1) is 8.22. The van der Waals surface area contributed by atoms with E-state index in [1.54, 1.807) is 31.2 Å². The van der Waals surface area contributed by atoms with Crippen LogP contribution in [0.25, 0.3) is 6.08 Å². The van der Waals surface area contributed by atoms with Crippen molar-refractivity contribution in [1.29, 1.82) is 0 Å². The molecule has 5 nitrogen and oxygen atoms in total. The monoisotopic (exact) mass is 269 g/mol. The van der Waals surface area contributed by atoms with Crippen molar-refractivity contribution in [3.05, 3.63) is 53.5 Å². The van der Waals surface area contributed by atoms with E-state index in [0.29, 0.717) is 5.57 Å². The zero-order valence-electron chi connectivity index (χ0n) is 9.91. The predicted octanol–water partition coefficient (Wildman–Crippen LogP) is 1.59. The number of carbonyl (C=O) groups excluding carboxylic acids is 1. The lowest BCUT2D eigenvalue weighted by Crippen LogP contribution is -2.10. The minimum absolute atomic E-state index is 0.398. The Kier molecular flexibility index (Phi) is 6.62. The van der Waals surface area contributed by atoms with Crippen LogP contribution in [0.5, 0.6) is 0 Å². The Bertz CT molecular complexity index is 520. The van der Waals surface area contributed by atoms with Crippen LogP contribution in [0, 0.1) is 0 Å². The summed E-state index contributed by atoms with van der Waals surface area (Å²) in [5, 5.41) is 0.752. The van der Waals surface area contributed by atoms with Gasteiger partial charge in [-0.05, 0) is 18.6 Å². The van der Waals surface area contributed by atoms with E-state index < -0.39 is 16.0 Å². The van der Waals surface area contributed by atoms with Gasteiger partial charge in [0, 0.05) is 5.57 Å². The van der Waals surface area contributed by atoms with Gasteiger partial charge >= 0.3 is 0 Å². The Morgan fingerprint density at radius 3 is 2.11 bits per heavy atom. The van der Waals surface area contributed by atoms with E-state index in [4.69, 9.17) is 10.3 Å². The molecule has 0 heterocycles. The van der Waals surface area contributed by atoms with Crippen LogP contribution >= 0.6 is 0 Å². The standard InChI is InChI=1S/C8H8O3S.C4H7NO/c9-12(10,11)7-6-8-4-2-1-3-5-8;1-3(2)4(5)6/h1-7H,(H,9,10,11);1H2,2H3,(H2,5,6). The minimum Gasteiger partial charge on any atom is -0.366 e. The Hall–Kier alpha value is -1.92. The Morgan fingerprint density at radius 1 is 1.33 bits per heavy atom. The van der Waals surface area contributed by atoms with Crippen molar-refractivity contribution in [2.24, 2.45) is 5.73 Å². The average Bonchev–Trinajstić information content (AvgIpc) is 2.27. The molecule has 98 valence electrons. The fourth-order valence-corrected chi connectivity index (χ4v) is 1.06. The van der Waals surface area contributed by atoms with Gasteiger partial charge in [-0.3, -0.25) is 9.35 Å². The maximum absolute atomic E-state index is 10.3. The highest BCUT2D eigenvalue weighted by Crippen LogP contribution is 2.01. The van der Waals surface area contributed by atoms with Crippen molar-refractivity contribution in [3.63, 3.8) is 0 Å². The second-order valence-electron chi connectivity index (χ2n) is 3.37. The van der Waals surface area contributed by atoms with Gasteiger partial charge in [0.05, 0.1) is 5.41 Å². The molecule has 0 radical (unpaired) electrons. The molecule has 0 saturated carbocycles. The van der Waals surface area contributed by atoms with Gasteiger partial charge in [0.25, 0.3) is 10.1 Å². The van der Waals surface area contributed by atoms with Crippen LogP contribution in [0.1, 0.15) is 12.5 Å². The molecular formula is C12H15NO4S. The summed E-state index contributed by atoms with van der Waals surface area (Å²) >= 11 is 0. The quantitative estimate of drug-likeness (QED) is 0.643. The van der Waals surface area contributed by atoms with E-state index in [1.165, 1.54) is 6.08 Å². The molecule has 0 aliphatic heterocycles. The molecule has 0 saturated heterocycles. The van der Waals surface area contributed by atoms with Gasteiger partial charge in [-0.15, -0.1) is 0 Å². The molecule has 1 aromatic carbocycles. The largest absolute Gasteiger partial charge is 0.366 e. The summed E-state index contributed by atoms with van der Waals surface area (Å²) in [5.41, 5.74) is 5.83. The number of nitrogens with two attached hydrogens (primary N) is 1. The van der Waals surface area contributed by atoms with Crippen LogP contribution < -0.4 is 5.73 Å². The summed E-state index contributed by atoms with van der Waals surface area (Å²) in [7, 11) is -4.00. The third-order valence-electron chi connectivity index (χ3n) is 1.65. The minimum atomic E-state index is -4.00. The van der Waals surface area contributed by atoms with Gasteiger partial charge in [0.2, 0.25) is 5.91 Å². The first-order valence-electron chi connectivity index (χ1n) is 4.88. The first kappa shape index (κ1) is 16.1. The fraction of sp³-hybridized carbons (Fsp3) is 0.0833. The van der Waals surface area contributed by atoms with E-state index in [1.807, 2.05) is 6.07 Å². The van der Waals surface area contributed by atoms with Crippen molar-refractivity contribution in [1.82, 2.24) is 0 Å². The van der Waals surface area contributed by atoms with Gasteiger partial charge in [-0.1, -0.05) is 36.9 Å². The molecule has 0 unspecified atom stereocenters. The van der Waals surface area contributed by atoms with Crippen LogP contribution in [0.3, 0.4) is 0 Å². The number of rotatable bonds is 3. The maximum Gasteiger partial charge on any atom is 0.287 e. The van der Waals surface area contributed by atoms with Crippen molar-refractivity contribution >= 4 is 22.1 Å². The molecule has 1 amide bonds. The van der Waals surface area contributed by atoms with Gasteiger partial charge < -0.3 is 5.73 Å². The predicted molar refractivity (Wildman–Crippen MR) is 71.0 cm³/mol. The zero-order valence-corrected chi connectivity index (χ0v) is 10.7. The molecule has 0 fully saturated rings. The number of hydrogen-bond donors (Lipinski definition) is 2. The number of hydrogen-bond acceptors (Lipinski definition) is 3. The summed E-state index contributed by atoms with van der Waals surface area (Å²) in [6.45, 7) is 4.85. The summed E-state index contributed by atoms with van der Waals surface area (Å²) < 4.78 is 28.9. The summed E-state index contributed by atoms with van der Waals surface area (Å²) in [6, 6.07) is 8.86. The number of amides is 1. The van der Waals surface area contributed by atoms with Gasteiger partial charge in [-0.2, -0.15) is 8.42 Å². The number of carbonyl (C=O) groups is 1. The third kappa shape index (κ3) is 9.32. The van der Waals surface area contributed by atoms with Crippen molar-refractivity contribution in [3.8, 4) is 0 Å². The first-order valence-corrected chi connectivity index (χ1v) is 6.38. The van der Waals surface area contributed by atoms with E-state index in [-0.39, 0.29) is 0 Å². The van der Waals surface area contributed by atoms with E-state index in [0.717, 1.165) is 11.0 Å². The lowest BCUT2D eigenvalue weighted by molar-refractivity contribution is -0.114. The van der Waals surface area contributed by atoms with Gasteiger partial charge in [0.1, 0.15) is 0 Å². The molecular weight excluding hydrogens is 254 g/mol. The number of primary amides is 1. The topological polar surface area (TPSA) is 97.5 Å². The molecule has 6 heteroatoms. The zero-order chi connectivity index (χ0) is 14.2. The second kappa shape index (κ2) is 7.41. The normalized spacial score (nSPS) is 10.6. The molecule has 1 aromatic rings. The Labute approximate surface area is 106 Å². The summed E-state index contributed by atoms with van der Waals surface area (Å²) in [6.07, 6.45) is 1.33. The highest BCUT2D eigenvalue weighted by atomic mass is 32.2. The van der Waals surface area contributed by atoms with E-state index >= 15 is 0 Å². The van der Waals surface area contributed by atoms with Crippen LogP contribution in [-0.2, 0) is 14.9 Å². The summed E-state index contributed by atoms with van der Waals surface area (Å²) in [4.78, 5) is 9.82. The SMILES string of the molecule is C=C(C)C(N)=O.O=S(=O)(O)C=Cc1ccccc1. The molecule has 18 heavy (non-hydrogen) atoms. The molecule has 0 aliphatic carbocycles. The smallest absolute Gasteiger partial charge is 0.287 e. The molecule has 0 aliphatic rings. The number of benzene rings is 1. The summed E-state index contributed by atoms with van der Waals surface area (Å²) in [5.74, 6) is -0.435. The fourth-order valence-electron chi connectivity index (χ4n) is 0.729. The maximum atomic E-state index is 10.3. The average molecular weight is 269 g/mol. The van der Waals surface area contributed by atoms with E-state index in [9.17, 15) is 13.2 Å². The molecule has 0 spiro atoms.